The highest BCUT2D eigenvalue weighted by Crippen LogP contribution is 2.30. The quantitative estimate of drug-likeness (QED) is 0.707. The van der Waals surface area contributed by atoms with Gasteiger partial charge in [-0.1, -0.05) is 6.07 Å². The lowest BCUT2D eigenvalue weighted by Crippen LogP contribution is -2.32. The van der Waals surface area contributed by atoms with E-state index in [0.717, 1.165) is 23.5 Å². The predicted molar refractivity (Wildman–Crippen MR) is 71.5 cm³/mol. The molecule has 1 aliphatic rings. The average Bonchev–Trinajstić information content (AvgIpc) is 2.68. The van der Waals surface area contributed by atoms with E-state index in [0.29, 0.717) is 26.2 Å². The molecule has 0 spiro atoms. The molecule has 1 heterocycles. The van der Waals surface area contributed by atoms with Crippen LogP contribution in [-0.2, 0) is 6.54 Å². The second-order valence-electron chi connectivity index (χ2n) is 4.60. The number of aliphatic hydroxyl groups is 2. The Morgan fingerprint density at radius 3 is 2.68 bits per heavy atom. The van der Waals surface area contributed by atoms with Crippen molar-refractivity contribution in [3.63, 3.8) is 0 Å². The van der Waals surface area contributed by atoms with Crippen LogP contribution in [0.15, 0.2) is 18.2 Å². The largest absolute Gasteiger partial charge is 0.490 e. The zero-order chi connectivity index (χ0) is 13.5. The van der Waals surface area contributed by atoms with Crippen LogP contribution in [0.1, 0.15) is 18.4 Å². The Morgan fingerprint density at radius 2 is 1.95 bits per heavy atom. The molecule has 0 aromatic heterocycles. The Morgan fingerprint density at radius 1 is 1.16 bits per heavy atom. The van der Waals surface area contributed by atoms with E-state index >= 15 is 0 Å². The summed E-state index contributed by atoms with van der Waals surface area (Å²) in [5.41, 5.74) is 1.07. The highest BCUT2D eigenvalue weighted by atomic mass is 16.5. The smallest absolute Gasteiger partial charge is 0.161 e. The zero-order valence-corrected chi connectivity index (χ0v) is 11.0. The van der Waals surface area contributed by atoms with E-state index < -0.39 is 0 Å². The number of hydrogen-bond acceptors (Lipinski definition) is 5. The van der Waals surface area contributed by atoms with Crippen LogP contribution in [0, 0.1) is 0 Å². The lowest BCUT2D eigenvalue weighted by Gasteiger charge is -2.15. The first-order chi connectivity index (χ1) is 9.33. The van der Waals surface area contributed by atoms with Crippen molar-refractivity contribution < 1.29 is 19.7 Å². The van der Waals surface area contributed by atoms with Gasteiger partial charge in [-0.2, -0.15) is 0 Å². The van der Waals surface area contributed by atoms with Crippen molar-refractivity contribution in [2.75, 3.05) is 26.4 Å². The SMILES string of the molecule is OCCC(CO)NCc1ccc2c(c1)OCCCO2. The van der Waals surface area contributed by atoms with Crippen LogP contribution in [0.3, 0.4) is 0 Å². The summed E-state index contributed by atoms with van der Waals surface area (Å²) in [5.74, 6) is 1.56. The summed E-state index contributed by atoms with van der Waals surface area (Å²) in [7, 11) is 0. The topological polar surface area (TPSA) is 71.0 Å². The molecule has 0 fully saturated rings. The molecule has 5 heteroatoms. The van der Waals surface area contributed by atoms with Crippen molar-refractivity contribution >= 4 is 0 Å². The minimum absolute atomic E-state index is 0.0190. The van der Waals surface area contributed by atoms with Crippen LogP contribution in [-0.4, -0.2) is 42.7 Å². The van der Waals surface area contributed by atoms with Gasteiger partial charge in [0.05, 0.1) is 19.8 Å². The first kappa shape index (κ1) is 14.1. The van der Waals surface area contributed by atoms with Gasteiger partial charge in [0.25, 0.3) is 0 Å². The van der Waals surface area contributed by atoms with E-state index in [4.69, 9.17) is 19.7 Å². The second kappa shape index (κ2) is 7.33. The Balaban J connectivity index is 1.95. The van der Waals surface area contributed by atoms with Gasteiger partial charge in [-0.3, -0.25) is 0 Å². The molecule has 0 amide bonds. The minimum Gasteiger partial charge on any atom is -0.490 e. The molecule has 0 aliphatic carbocycles. The Hall–Kier alpha value is -1.30. The first-order valence-electron chi connectivity index (χ1n) is 6.67. The Bertz CT molecular complexity index is 397. The summed E-state index contributed by atoms with van der Waals surface area (Å²) >= 11 is 0. The highest BCUT2D eigenvalue weighted by molar-refractivity contribution is 5.43. The highest BCUT2D eigenvalue weighted by Gasteiger charge is 2.11. The number of fused-ring (bicyclic) bond motifs is 1. The minimum atomic E-state index is -0.0824. The fraction of sp³-hybridized carbons (Fsp3) is 0.571. The molecule has 0 saturated heterocycles. The van der Waals surface area contributed by atoms with E-state index in [2.05, 4.69) is 5.32 Å². The molecule has 1 aliphatic heterocycles. The van der Waals surface area contributed by atoms with Gasteiger partial charge in [-0.25, -0.2) is 0 Å². The first-order valence-corrected chi connectivity index (χ1v) is 6.67. The van der Waals surface area contributed by atoms with Crippen molar-refractivity contribution in [3.05, 3.63) is 23.8 Å². The molecule has 0 radical (unpaired) electrons. The van der Waals surface area contributed by atoms with Gasteiger partial charge in [-0.05, 0) is 24.1 Å². The summed E-state index contributed by atoms with van der Waals surface area (Å²) in [6, 6.07) is 5.77. The maximum Gasteiger partial charge on any atom is 0.161 e. The van der Waals surface area contributed by atoms with Crippen molar-refractivity contribution in [2.24, 2.45) is 0 Å². The molecule has 106 valence electrons. The zero-order valence-electron chi connectivity index (χ0n) is 11.0. The molecule has 19 heavy (non-hydrogen) atoms. The van der Waals surface area contributed by atoms with Crippen LogP contribution < -0.4 is 14.8 Å². The third-order valence-electron chi connectivity index (χ3n) is 3.10. The molecule has 2 rings (SSSR count). The van der Waals surface area contributed by atoms with Crippen LogP contribution in [0.2, 0.25) is 0 Å². The van der Waals surface area contributed by atoms with Crippen molar-refractivity contribution in [3.8, 4) is 11.5 Å². The van der Waals surface area contributed by atoms with Crippen molar-refractivity contribution in [1.82, 2.24) is 5.32 Å². The number of ether oxygens (including phenoxy) is 2. The van der Waals surface area contributed by atoms with E-state index in [1.807, 2.05) is 18.2 Å². The number of hydrogen-bond donors (Lipinski definition) is 3. The standard InChI is InChI=1S/C14H21NO4/c16-5-4-12(10-17)15-9-11-2-3-13-14(8-11)19-7-1-6-18-13/h2-3,8,12,15-17H,1,4-7,9-10H2. The summed E-state index contributed by atoms with van der Waals surface area (Å²) in [6.45, 7) is 2.08. The third kappa shape index (κ3) is 4.09. The van der Waals surface area contributed by atoms with Gasteiger partial charge >= 0.3 is 0 Å². The van der Waals surface area contributed by atoms with Gasteiger partial charge < -0.3 is 25.0 Å². The van der Waals surface area contributed by atoms with E-state index in [-0.39, 0.29) is 19.3 Å². The third-order valence-corrected chi connectivity index (χ3v) is 3.10. The van der Waals surface area contributed by atoms with E-state index in [1.165, 1.54) is 0 Å². The van der Waals surface area contributed by atoms with Crippen molar-refractivity contribution in [1.29, 1.82) is 0 Å². The molecule has 0 bridgehead atoms. The molecule has 1 atom stereocenters. The molecular formula is C14H21NO4. The van der Waals surface area contributed by atoms with Crippen LogP contribution in [0.25, 0.3) is 0 Å². The molecule has 0 saturated carbocycles. The summed E-state index contributed by atoms with van der Waals surface area (Å²) < 4.78 is 11.2. The van der Waals surface area contributed by atoms with E-state index in [9.17, 15) is 0 Å². The van der Waals surface area contributed by atoms with E-state index in [1.54, 1.807) is 0 Å². The van der Waals surface area contributed by atoms with Crippen LogP contribution in [0.5, 0.6) is 11.5 Å². The van der Waals surface area contributed by atoms with Gasteiger partial charge in [0.15, 0.2) is 11.5 Å². The van der Waals surface area contributed by atoms with Gasteiger partial charge in [-0.15, -0.1) is 0 Å². The number of nitrogens with one attached hydrogen (secondary N) is 1. The lowest BCUT2D eigenvalue weighted by atomic mass is 10.1. The molecule has 5 nitrogen and oxygen atoms in total. The monoisotopic (exact) mass is 267 g/mol. The summed E-state index contributed by atoms with van der Waals surface area (Å²) in [5, 5.41) is 21.2. The summed E-state index contributed by atoms with van der Waals surface area (Å²) in [6.07, 6.45) is 1.44. The second-order valence-corrected chi connectivity index (χ2v) is 4.60. The number of benzene rings is 1. The molecule has 3 N–H and O–H groups in total. The lowest BCUT2D eigenvalue weighted by molar-refractivity contribution is 0.200. The molecule has 1 unspecified atom stereocenters. The van der Waals surface area contributed by atoms with Gasteiger partial charge in [0, 0.05) is 25.6 Å². The van der Waals surface area contributed by atoms with Crippen LogP contribution >= 0.6 is 0 Å². The van der Waals surface area contributed by atoms with Gasteiger partial charge in [0.2, 0.25) is 0 Å². The maximum atomic E-state index is 9.15. The fourth-order valence-electron chi connectivity index (χ4n) is 1.99. The van der Waals surface area contributed by atoms with Crippen LogP contribution in [0.4, 0.5) is 0 Å². The number of aliphatic hydroxyl groups excluding tert-OH is 2. The Labute approximate surface area is 113 Å². The Kier molecular flexibility index (Phi) is 5.44. The maximum absolute atomic E-state index is 9.15. The molecule has 1 aromatic rings. The number of rotatable bonds is 6. The predicted octanol–water partition coefficient (Wildman–Crippen LogP) is 0.681. The molecular weight excluding hydrogens is 246 g/mol. The molecule has 1 aromatic carbocycles. The fourth-order valence-corrected chi connectivity index (χ4v) is 1.99. The normalized spacial score (nSPS) is 15.9. The van der Waals surface area contributed by atoms with Gasteiger partial charge in [0.1, 0.15) is 0 Å². The summed E-state index contributed by atoms with van der Waals surface area (Å²) in [4.78, 5) is 0. The average molecular weight is 267 g/mol. The van der Waals surface area contributed by atoms with Crippen molar-refractivity contribution in [2.45, 2.75) is 25.4 Å².